The van der Waals surface area contributed by atoms with Crippen LogP contribution in [0.2, 0.25) is 0 Å². The Morgan fingerprint density at radius 3 is 2.22 bits per heavy atom. The molecule has 0 aromatic heterocycles. The number of carbonyl (C=O) groups is 1. The van der Waals surface area contributed by atoms with Crippen LogP contribution in [0, 0.1) is 29.6 Å². The molecule has 0 radical (unpaired) electrons. The first-order valence-electron chi connectivity index (χ1n) is 11.9. The maximum atomic E-state index is 11.6. The van der Waals surface area contributed by atoms with E-state index in [4.69, 9.17) is 19.9 Å². The van der Waals surface area contributed by atoms with Crippen molar-refractivity contribution in [2.75, 3.05) is 27.4 Å². The maximum Gasteiger partial charge on any atom is 0.306 e. The molecule has 0 spiro atoms. The second-order valence-corrected chi connectivity index (χ2v) is 9.69. The van der Waals surface area contributed by atoms with E-state index in [1.807, 2.05) is 19.9 Å². The van der Waals surface area contributed by atoms with Gasteiger partial charge in [-0.2, -0.15) is 0 Å². The lowest BCUT2D eigenvalue weighted by atomic mass is 9.78. The summed E-state index contributed by atoms with van der Waals surface area (Å²) in [6.07, 6.45) is 3.18. The third kappa shape index (κ3) is 9.37. The van der Waals surface area contributed by atoms with Crippen LogP contribution in [0.3, 0.4) is 0 Å². The maximum absolute atomic E-state index is 11.6. The molecule has 0 unspecified atom stereocenters. The van der Waals surface area contributed by atoms with Gasteiger partial charge < -0.3 is 25.1 Å². The first kappa shape index (κ1) is 28.2. The van der Waals surface area contributed by atoms with E-state index in [-0.39, 0.29) is 23.8 Å². The molecule has 0 bridgehead atoms. The molecule has 6 heteroatoms. The van der Waals surface area contributed by atoms with E-state index in [1.54, 1.807) is 14.2 Å². The molecule has 184 valence electrons. The minimum Gasteiger partial charge on any atom is -0.493 e. The Bertz CT molecular complexity index is 676. The molecule has 0 aliphatic carbocycles. The van der Waals surface area contributed by atoms with Gasteiger partial charge in [0.2, 0.25) is 0 Å². The van der Waals surface area contributed by atoms with E-state index < -0.39 is 5.97 Å². The highest BCUT2D eigenvalue weighted by Crippen LogP contribution is 2.32. The van der Waals surface area contributed by atoms with Crippen molar-refractivity contribution in [2.45, 2.75) is 66.3 Å². The quantitative estimate of drug-likeness (QED) is 0.343. The summed E-state index contributed by atoms with van der Waals surface area (Å²) in [5, 5.41) is 9.53. The largest absolute Gasteiger partial charge is 0.493 e. The number of aliphatic carboxylic acids is 1. The average Bonchev–Trinajstić information content (AvgIpc) is 2.73. The first-order valence-corrected chi connectivity index (χ1v) is 11.9. The topological polar surface area (TPSA) is 91.0 Å². The van der Waals surface area contributed by atoms with Crippen molar-refractivity contribution in [3.05, 3.63) is 23.8 Å². The Hall–Kier alpha value is -1.79. The van der Waals surface area contributed by atoms with Crippen molar-refractivity contribution in [3.63, 3.8) is 0 Å². The third-order valence-corrected chi connectivity index (χ3v) is 6.47. The minimum atomic E-state index is -0.726. The van der Waals surface area contributed by atoms with Crippen LogP contribution < -0.4 is 15.2 Å². The van der Waals surface area contributed by atoms with Crippen LogP contribution in [0.1, 0.15) is 59.4 Å². The number of carboxylic acid groups (broad SMARTS) is 1. The molecule has 1 rings (SSSR count). The van der Waals surface area contributed by atoms with E-state index in [0.717, 1.165) is 30.8 Å². The molecular formula is C26H45NO5. The monoisotopic (exact) mass is 451 g/mol. The standard InChI is InChI=1S/C26H45NO5/c1-17(2)21(16-23(27)19(5)13-22(18(3)4)26(28)29)14-20-9-10-24(31-7)25(15-20)32-12-8-11-30-6/h9-10,15,17-19,21-23H,8,11-14,16,27H2,1-7H3,(H,28,29)/t19-,21-,22-,23-/m0/s1. The van der Waals surface area contributed by atoms with Crippen molar-refractivity contribution < 1.29 is 24.1 Å². The van der Waals surface area contributed by atoms with Crippen molar-refractivity contribution in [1.82, 2.24) is 0 Å². The number of carboxylic acids is 1. The van der Waals surface area contributed by atoms with E-state index in [1.165, 1.54) is 5.56 Å². The van der Waals surface area contributed by atoms with E-state index in [2.05, 4.69) is 32.9 Å². The molecule has 32 heavy (non-hydrogen) atoms. The molecule has 0 aliphatic rings. The summed E-state index contributed by atoms with van der Waals surface area (Å²) in [5.74, 6) is 1.50. The summed E-state index contributed by atoms with van der Waals surface area (Å²) < 4.78 is 16.5. The van der Waals surface area contributed by atoms with Gasteiger partial charge in [-0.3, -0.25) is 4.79 Å². The zero-order valence-corrected chi connectivity index (χ0v) is 21.1. The second-order valence-electron chi connectivity index (χ2n) is 9.69. The van der Waals surface area contributed by atoms with Gasteiger partial charge in [0.1, 0.15) is 0 Å². The number of hydrogen-bond acceptors (Lipinski definition) is 5. The molecule has 0 saturated heterocycles. The van der Waals surface area contributed by atoms with Gasteiger partial charge in [-0.05, 0) is 60.6 Å². The molecule has 3 N–H and O–H groups in total. The zero-order chi connectivity index (χ0) is 24.3. The van der Waals surface area contributed by atoms with Gasteiger partial charge in [-0.15, -0.1) is 0 Å². The fourth-order valence-corrected chi connectivity index (χ4v) is 4.06. The van der Waals surface area contributed by atoms with E-state index >= 15 is 0 Å². The minimum absolute atomic E-state index is 0.0361. The molecule has 6 nitrogen and oxygen atoms in total. The van der Waals surface area contributed by atoms with Gasteiger partial charge in [0, 0.05) is 26.2 Å². The van der Waals surface area contributed by atoms with Crippen LogP contribution >= 0.6 is 0 Å². The molecule has 0 heterocycles. The highest BCUT2D eigenvalue weighted by Gasteiger charge is 2.28. The Kier molecular flexibility index (Phi) is 12.7. The highest BCUT2D eigenvalue weighted by atomic mass is 16.5. The van der Waals surface area contributed by atoms with E-state index in [0.29, 0.717) is 31.5 Å². The fraction of sp³-hybridized carbons (Fsp3) is 0.731. The summed E-state index contributed by atoms with van der Waals surface area (Å²) in [6, 6.07) is 6.08. The van der Waals surface area contributed by atoms with Gasteiger partial charge >= 0.3 is 5.97 Å². The van der Waals surface area contributed by atoms with Crippen LogP contribution in [-0.2, 0) is 16.0 Å². The number of hydrogen-bond donors (Lipinski definition) is 2. The average molecular weight is 452 g/mol. The Balaban J connectivity index is 2.84. The predicted octanol–water partition coefficient (Wildman–Crippen LogP) is 5.03. The van der Waals surface area contributed by atoms with Crippen LogP contribution in [0.4, 0.5) is 0 Å². The summed E-state index contributed by atoms with van der Waals surface area (Å²) in [7, 11) is 3.33. The smallest absolute Gasteiger partial charge is 0.306 e. The third-order valence-electron chi connectivity index (χ3n) is 6.47. The Labute approximate surface area is 194 Å². The van der Waals surface area contributed by atoms with Crippen LogP contribution in [0.15, 0.2) is 18.2 Å². The lowest BCUT2D eigenvalue weighted by Crippen LogP contribution is -2.35. The van der Waals surface area contributed by atoms with Crippen molar-refractivity contribution in [2.24, 2.45) is 35.3 Å². The number of ether oxygens (including phenoxy) is 3. The van der Waals surface area contributed by atoms with Gasteiger partial charge in [0.25, 0.3) is 0 Å². The summed E-state index contributed by atoms with van der Waals surface area (Å²) >= 11 is 0. The van der Waals surface area contributed by atoms with Crippen molar-refractivity contribution in [3.8, 4) is 11.5 Å². The molecule has 1 aromatic carbocycles. The Morgan fingerprint density at radius 1 is 1.00 bits per heavy atom. The Morgan fingerprint density at radius 2 is 1.69 bits per heavy atom. The number of rotatable bonds is 16. The van der Waals surface area contributed by atoms with E-state index in [9.17, 15) is 9.90 Å². The molecule has 0 aliphatic heterocycles. The molecule has 4 atom stereocenters. The summed E-state index contributed by atoms with van der Waals surface area (Å²) in [5.41, 5.74) is 7.77. The SMILES string of the molecule is COCCCOc1cc(C[C@@H](C[C@H](N)[C@@H](C)C[C@H](C(=O)O)C(C)C)C(C)C)ccc1OC. The highest BCUT2D eigenvalue weighted by molar-refractivity contribution is 5.70. The molecular weight excluding hydrogens is 406 g/mol. The second kappa shape index (κ2) is 14.4. The molecule has 1 aromatic rings. The van der Waals surface area contributed by atoms with Gasteiger partial charge in [0.15, 0.2) is 11.5 Å². The molecule has 0 amide bonds. The number of nitrogens with two attached hydrogens (primary N) is 1. The van der Waals surface area contributed by atoms with Crippen molar-refractivity contribution in [1.29, 1.82) is 0 Å². The lowest BCUT2D eigenvalue weighted by molar-refractivity contribution is -0.144. The van der Waals surface area contributed by atoms with Gasteiger partial charge in [0.05, 0.1) is 19.6 Å². The van der Waals surface area contributed by atoms with Crippen LogP contribution in [0.5, 0.6) is 11.5 Å². The zero-order valence-electron chi connectivity index (χ0n) is 21.1. The fourth-order valence-electron chi connectivity index (χ4n) is 4.06. The molecule has 0 fully saturated rings. The van der Waals surface area contributed by atoms with Crippen molar-refractivity contribution >= 4 is 5.97 Å². The lowest BCUT2D eigenvalue weighted by Gasteiger charge is -2.30. The van der Waals surface area contributed by atoms with Crippen LogP contribution in [0.25, 0.3) is 0 Å². The van der Waals surface area contributed by atoms with Gasteiger partial charge in [-0.1, -0.05) is 40.7 Å². The van der Waals surface area contributed by atoms with Gasteiger partial charge in [-0.25, -0.2) is 0 Å². The summed E-state index contributed by atoms with van der Waals surface area (Å²) in [6.45, 7) is 11.7. The number of methoxy groups -OCH3 is 2. The first-order chi connectivity index (χ1) is 15.1. The summed E-state index contributed by atoms with van der Waals surface area (Å²) in [4.78, 5) is 11.6. The number of benzene rings is 1. The predicted molar refractivity (Wildman–Crippen MR) is 129 cm³/mol. The van der Waals surface area contributed by atoms with Crippen LogP contribution in [-0.4, -0.2) is 44.6 Å². The molecule has 0 saturated carbocycles. The normalized spacial score (nSPS) is 15.4.